The number of fused-ring (bicyclic) bond motifs is 3. The van der Waals surface area contributed by atoms with Crippen molar-refractivity contribution in [3.05, 3.63) is 22.5 Å². The maximum Gasteiger partial charge on any atom is 0.130 e. The van der Waals surface area contributed by atoms with Gasteiger partial charge in [-0.25, -0.2) is 4.98 Å². The molecule has 0 aliphatic heterocycles. The van der Waals surface area contributed by atoms with Crippen molar-refractivity contribution in [2.45, 2.75) is 26.4 Å². The second-order valence-corrected chi connectivity index (χ2v) is 6.65. The molecule has 3 nitrogen and oxygen atoms in total. The third-order valence-corrected chi connectivity index (χ3v) is 5.02. The van der Waals surface area contributed by atoms with E-state index in [-0.39, 0.29) is 6.10 Å². The molecule has 2 aromatic heterocycles. The molecule has 5 heteroatoms. The molecule has 0 bridgehead atoms. The fourth-order valence-electron chi connectivity index (χ4n) is 2.16. The van der Waals surface area contributed by atoms with Crippen LogP contribution < -0.4 is 10.5 Å². The lowest BCUT2D eigenvalue weighted by molar-refractivity contribution is 0.208. The van der Waals surface area contributed by atoms with E-state index < -0.39 is 0 Å². The van der Waals surface area contributed by atoms with Crippen molar-refractivity contribution >= 4 is 43.0 Å². The van der Waals surface area contributed by atoms with Crippen LogP contribution in [0.1, 0.15) is 18.4 Å². The van der Waals surface area contributed by atoms with Gasteiger partial charge in [0.15, 0.2) is 0 Å². The van der Waals surface area contributed by atoms with Crippen molar-refractivity contribution in [3.63, 3.8) is 0 Å². The third kappa shape index (κ3) is 2.22. The lowest BCUT2D eigenvalue weighted by Gasteiger charge is -2.16. The van der Waals surface area contributed by atoms with E-state index in [9.17, 15) is 0 Å². The van der Waals surface area contributed by atoms with Crippen molar-refractivity contribution in [2.24, 2.45) is 5.73 Å². The number of aryl methyl sites for hydroxylation is 1. The Labute approximate surface area is 120 Å². The van der Waals surface area contributed by atoms with Crippen LogP contribution in [0.3, 0.4) is 0 Å². The largest absolute Gasteiger partial charge is 0.488 e. The Kier molecular flexibility index (Phi) is 3.43. The normalized spacial score (nSPS) is 13.2. The first-order chi connectivity index (χ1) is 9.22. The number of nitrogens with zero attached hydrogens (tertiary/aromatic N) is 1. The standard InChI is InChI=1S/C14H16N2OS2/c1-3-9(7-15)17-11-6-12-13(16-8(2)19-12)14-10(11)4-5-18-14/h4-6,9H,3,7,15H2,1-2H3. The van der Waals surface area contributed by atoms with Gasteiger partial charge in [0, 0.05) is 18.0 Å². The molecular weight excluding hydrogens is 276 g/mol. The quantitative estimate of drug-likeness (QED) is 0.792. The van der Waals surface area contributed by atoms with Gasteiger partial charge in [0.05, 0.1) is 19.9 Å². The lowest BCUT2D eigenvalue weighted by atomic mass is 10.2. The molecule has 0 radical (unpaired) electrons. The number of thiophene rings is 1. The van der Waals surface area contributed by atoms with E-state index in [1.807, 2.05) is 6.92 Å². The smallest absolute Gasteiger partial charge is 0.130 e. The summed E-state index contributed by atoms with van der Waals surface area (Å²) in [6.07, 6.45) is 0.997. The SMILES string of the molecule is CCC(CN)Oc1cc2sc(C)nc2c2sccc12. The summed E-state index contributed by atoms with van der Waals surface area (Å²) in [5, 5.41) is 4.33. The van der Waals surface area contributed by atoms with Crippen LogP contribution in [0.2, 0.25) is 0 Å². The highest BCUT2D eigenvalue weighted by atomic mass is 32.1. The van der Waals surface area contributed by atoms with Gasteiger partial charge >= 0.3 is 0 Å². The van der Waals surface area contributed by atoms with Gasteiger partial charge in [0.1, 0.15) is 11.9 Å². The zero-order valence-electron chi connectivity index (χ0n) is 11.0. The van der Waals surface area contributed by atoms with Crippen molar-refractivity contribution < 1.29 is 4.74 Å². The van der Waals surface area contributed by atoms with Crippen LogP contribution in [-0.4, -0.2) is 17.6 Å². The first-order valence-corrected chi connectivity index (χ1v) is 8.06. The Bertz CT molecular complexity index is 713. The summed E-state index contributed by atoms with van der Waals surface area (Å²) < 4.78 is 8.46. The first-order valence-electron chi connectivity index (χ1n) is 6.37. The lowest BCUT2D eigenvalue weighted by Crippen LogP contribution is -2.25. The number of nitrogens with two attached hydrogens (primary N) is 1. The molecule has 100 valence electrons. The van der Waals surface area contributed by atoms with Gasteiger partial charge in [-0.1, -0.05) is 6.92 Å². The number of rotatable bonds is 4. The molecule has 0 saturated carbocycles. The molecule has 2 heterocycles. The van der Waals surface area contributed by atoms with Crippen LogP contribution in [0, 0.1) is 6.92 Å². The molecule has 0 spiro atoms. The molecular formula is C14H16N2OS2. The van der Waals surface area contributed by atoms with E-state index in [0.29, 0.717) is 6.54 Å². The Morgan fingerprint density at radius 1 is 1.47 bits per heavy atom. The summed E-state index contributed by atoms with van der Waals surface area (Å²) in [6, 6.07) is 4.21. The molecule has 1 aromatic carbocycles. The summed E-state index contributed by atoms with van der Waals surface area (Å²) in [4.78, 5) is 4.62. The summed E-state index contributed by atoms with van der Waals surface area (Å²) in [7, 11) is 0. The van der Waals surface area contributed by atoms with E-state index in [1.165, 1.54) is 9.40 Å². The average molecular weight is 292 g/mol. The third-order valence-electron chi connectivity index (χ3n) is 3.18. The topological polar surface area (TPSA) is 48.1 Å². The van der Waals surface area contributed by atoms with Crippen LogP contribution in [-0.2, 0) is 0 Å². The maximum absolute atomic E-state index is 6.06. The van der Waals surface area contributed by atoms with Gasteiger partial charge in [0.25, 0.3) is 0 Å². The molecule has 0 fully saturated rings. The Morgan fingerprint density at radius 3 is 3.05 bits per heavy atom. The molecule has 1 atom stereocenters. The van der Waals surface area contributed by atoms with Crippen molar-refractivity contribution in [2.75, 3.05) is 6.54 Å². The van der Waals surface area contributed by atoms with Crippen LogP contribution in [0.15, 0.2) is 17.5 Å². The van der Waals surface area contributed by atoms with Crippen molar-refractivity contribution in [1.29, 1.82) is 0 Å². The number of hydrogen-bond acceptors (Lipinski definition) is 5. The molecule has 0 saturated heterocycles. The summed E-state index contributed by atoms with van der Waals surface area (Å²) in [6.45, 7) is 4.68. The fourth-order valence-corrected chi connectivity index (χ4v) is 4.00. The van der Waals surface area contributed by atoms with Gasteiger partial charge < -0.3 is 10.5 Å². The van der Waals surface area contributed by atoms with Gasteiger partial charge in [-0.2, -0.15) is 0 Å². The van der Waals surface area contributed by atoms with Crippen molar-refractivity contribution in [1.82, 2.24) is 4.98 Å². The molecule has 2 N–H and O–H groups in total. The van der Waals surface area contributed by atoms with E-state index in [0.717, 1.165) is 28.1 Å². The summed E-state index contributed by atoms with van der Waals surface area (Å²) >= 11 is 3.43. The fraction of sp³-hybridized carbons (Fsp3) is 0.357. The number of hydrogen-bond donors (Lipinski definition) is 1. The minimum atomic E-state index is 0.0783. The number of thiazole rings is 1. The zero-order valence-corrected chi connectivity index (χ0v) is 12.6. The van der Waals surface area contributed by atoms with E-state index in [1.54, 1.807) is 22.7 Å². The second kappa shape index (κ2) is 5.07. The van der Waals surface area contributed by atoms with Crippen LogP contribution >= 0.6 is 22.7 Å². The minimum absolute atomic E-state index is 0.0783. The van der Waals surface area contributed by atoms with Crippen LogP contribution in [0.4, 0.5) is 0 Å². The van der Waals surface area contributed by atoms with Crippen LogP contribution in [0.25, 0.3) is 20.3 Å². The predicted octanol–water partition coefficient (Wildman–Crippen LogP) is 3.94. The van der Waals surface area contributed by atoms with Gasteiger partial charge in [-0.3, -0.25) is 0 Å². The van der Waals surface area contributed by atoms with Gasteiger partial charge in [0.2, 0.25) is 0 Å². The van der Waals surface area contributed by atoms with E-state index >= 15 is 0 Å². The number of aromatic nitrogens is 1. The maximum atomic E-state index is 6.06. The van der Waals surface area contributed by atoms with Crippen LogP contribution in [0.5, 0.6) is 5.75 Å². The monoisotopic (exact) mass is 292 g/mol. The van der Waals surface area contributed by atoms with Crippen molar-refractivity contribution in [3.8, 4) is 5.75 Å². The number of ether oxygens (including phenoxy) is 1. The second-order valence-electron chi connectivity index (χ2n) is 4.50. The predicted molar refractivity (Wildman–Crippen MR) is 83.5 cm³/mol. The van der Waals surface area contributed by atoms with Gasteiger partial charge in [-0.05, 0) is 24.8 Å². The Hall–Kier alpha value is -1.17. The zero-order chi connectivity index (χ0) is 13.4. The Balaban J connectivity index is 2.18. The first kappa shape index (κ1) is 12.8. The average Bonchev–Trinajstić information content (AvgIpc) is 3.00. The Morgan fingerprint density at radius 2 is 2.32 bits per heavy atom. The molecule has 0 aliphatic carbocycles. The molecule has 0 amide bonds. The minimum Gasteiger partial charge on any atom is -0.488 e. The molecule has 19 heavy (non-hydrogen) atoms. The number of benzene rings is 1. The highest BCUT2D eigenvalue weighted by Crippen LogP contribution is 2.39. The highest BCUT2D eigenvalue weighted by molar-refractivity contribution is 7.21. The molecule has 3 aromatic rings. The summed E-state index contributed by atoms with van der Waals surface area (Å²) in [5.74, 6) is 0.935. The summed E-state index contributed by atoms with van der Waals surface area (Å²) in [5.41, 5.74) is 6.83. The van der Waals surface area contributed by atoms with Gasteiger partial charge in [-0.15, -0.1) is 22.7 Å². The molecule has 3 rings (SSSR count). The highest BCUT2D eigenvalue weighted by Gasteiger charge is 2.14. The molecule has 1 unspecified atom stereocenters. The van der Waals surface area contributed by atoms with E-state index in [4.69, 9.17) is 10.5 Å². The van der Waals surface area contributed by atoms with E-state index in [2.05, 4.69) is 29.4 Å². The molecule has 0 aliphatic rings.